The summed E-state index contributed by atoms with van der Waals surface area (Å²) in [6.07, 6.45) is 0. The van der Waals surface area contributed by atoms with E-state index in [2.05, 4.69) is 5.32 Å². The van der Waals surface area contributed by atoms with E-state index >= 15 is 0 Å². The van der Waals surface area contributed by atoms with Gasteiger partial charge in [0, 0.05) is 29.1 Å². The van der Waals surface area contributed by atoms with Gasteiger partial charge in [-0.05, 0) is 32.9 Å². The monoisotopic (exact) mass is 342 g/mol. The van der Waals surface area contributed by atoms with E-state index in [1.165, 1.54) is 6.07 Å². The van der Waals surface area contributed by atoms with Crippen molar-refractivity contribution >= 4 is 16.8 Å². The number of ether oxygens (including phenoxy) is 1. The molecule has 2 rings (SSSR count). The summed E-state index contributed by atoms with van der Waals surface area (Å²) in [5.41, 5.74) is 0. The van der Waals surface area contributed by atoms with Crippen LogP contribution in [0.15, 0.2) is 24.3 Å². The summed E-state index contributed by atoms with van der Waals surface area (Å²) in [6, 6.07) is 5.62. The first kappa shape index (κ1) is 17.7. The molecule has 23 heavy (non-hydrogen) atoms. The highest BCUT2D eigenvalue weighted by molar-refractivity contribution is 7.85. The van der Waals surface area contributed by atoms with Crippen LogP contribution in [0.4, 0.5) is 9.18 Å². The third kappa shape index (κ3) is 4.43. The minimum Gasteiger partial charge on any atom is -0.488 e. The number of amides is 2. The zero-order valence-electron chi connectivity index (χ0n) is 13.6. The summed E-state index contributed by atoms with van der Waals surface area (Å²) >= 11 is 0. The Hall–Kier alpha value is -1.63. The average molecular weight is 342 g/mol. The molecular formula is C16H23FN2O3S. The van der Waals surface area contributed by atoms with Crippen LogP contribution in [0, 0.1) is 5.82 Å². The van der Waals surface area contributed by atoms with Crippen molar-refractivity contribution in [3.05, 3.63) is 30.1 Å². The van der Waals surface area contributed by atoms with Crippen LogP contribution < -0.4 is 10.1 Å². The molecule has 0 aliphatic carbocycles. The quantitative estimate of drug-likeness (QED) is 0.912. The van der Waals surface area contributed by atoms with Crippen molar-refractivity contribution in [2.45, 2.75) is 38.1 Å². The summed E-state index contributed by atoms with van der Waals surface area (Å²) in [5, 5.41) is 2.80. The number of nitrogens with one attached hydrogen (secondary N) is 1. The Morgan fingerprint density at radius 1 is 1.48 bits per heavy atom. The highest BCUT2D eigenvalue weighted by Gasteiger charge is 2.33. The zero-order chi connectivity index (χ0) is 17.0. The standard InChI is InChI=1S/C16H23FN2O3S/c1-11(10-22-15-7-5-4-6-14(15)17)18-16(20)19-8-9-23(21)13(3)12(19)2/h4-7,11-13H,8-10H2,1-3H3,(H,18,20)/t11-,12+,13+,23+/m1/s1. The Kier molecular flexibility index (Phi) is 5.98. The molecule has 1 aliphatic heterocycles. The van der Waals surface area contributed by atoms with Crippen molar-refractivity contribution in [1.82, 2.24) is 10.2 Å². The lowest BCUT2D eigenvalue weighted by molar-refractivity contribution is 0.170. The van der Waals surface area contributed by atoms with Crippen molar-refractivity contribution in [2.75, 3.05) is 18.9 Å². The van der Waals surface area contributed by atoms with Gasteiger partial charge in [-0.15, -0.1) is 0 Å². The first-order valence-electron chi connectivity index (χ1n) is 7.71. The van der Waals surface area contributed by atoms with E-state index in [0.29, 0.717) is 12.3 Å². The van der Waals surface area contributed by atoms with Gasteiger partial charge in [-0.1, -0.05) is 12.1 Å². The van der Waals surface area contributed by atoms with Gasteiger partial charge in [0.1, 0.15) is 6.61 Å². The number of benzene rings is 1. The lowest BCUT2D eigenvalue weighted by Crippen LogP contribution is -2.56. The molecule has 1 aliphatic rings. The van der Waals surface area contributed by atoms with Gasteiger partial charge in [0.15, 0.2) is 11.6 Å². The number of urea groups is 1. The number of halogens is 1. The average Bonchev–Trinajstić information content (AvgIpc) is 2.52. The van der Waals surface area contributed by atoms with Gasteiger partial charge in [-0.25, -0.2) is 9.18 Å². The highest BCUT2D eigenvalue weighted by atomic mass is 32.2. The molecule has 128 valence electrons. The van der Waals surface area contributed by atoms with Gasteiger partial charge in [0.2, 0.25) is 0 Å². The number of hydrogen-bond acceptors (Lipinski definition) is 3. The number of carbonyl (C=O) groups excluding carboxylic acids is 1. The third-order valence-electron chi connectivity index (χ3n) is 4.08. The molecule has 0 unspecified atom stereocenters. The van der Waals surface area contributed by atoms with Gasteiger partial charge in [-0.3, -0.25) is 4.21 Å². The van der Waals surface area contributed by atoms with E-state index in [1.54, 1.807) is 30.0 Å². The second-order valence-electron chi connectivity index (χ2n) is 5.82. The third-order valence-corrected chi connectivity index (χ3v) is 5.88. The Bertz CT molecular complexity index is 584. The molecule has 5 nitrogen and oxygen atoms in total. The topological polar surface area (TPSA) is 58.6 Å². The maximum atomic E-state index is 13.5. The summed E-state index contributed by atoms with van der Waals surface area (Å²) in [6.45, 7) is 6.25. The first-order chi connectivity index (χ1) is 10.9. The smallest absolute Gasteiger partial charge is 0.318 e. The van der Waals surface area contributed by atoms with Crippen LogP contribution in [0.2, 0.25) is 0 Å². The summed E-state index contributed by atoms with van der Waals surface area (Å²) in [5.74, 6) is 0.245. The zero-order valence-corrected chi connectivity index (χ0v) is 14.4. The van der Waals surface area contributed by atoms with E-state index in [1.807, 2.05) is 13.8 Å². The van der Waals surface area contributed by atoms with E-state index in [0.717, 1.165) is 0 Å². The van der Waals surface area contributed by atoms with Crippen molar-refractivity contribution in [3.63, 3.8) is 0 Å². The molecule has 1 saturated heterocycles. The maximum absolute atomic E-state index is 13.5. The van der Waals surface area contributed by atoms with Crippen molar-refractivity contribution in [3.8, 4) is 5.75 Å². The van der Waals surface area contributed by atoms with Crippen LogP contribution in [-0.4, -0.2) is 51.4 Å². The second-order valence-corrected chi connectivity index (χ2v) is 7.73. The van der Waals surface area contributed by atoms with E-state index in [9.17, 15) is 13.4 Å². The number of rotatable bonds is 4. The summed E-state index contributed by atoms with van der Waals surface area (Å²) < 4.78 is 30.7. The van der Waals surface area contributed by atoms with Crippen molar-refractivity contribution < 1.29 is 18.1 Å². The molecule has 1 aromatic carbocycles. The molecule has 2 amide bonds. The minimum absolute atomic E-state index is 0.0422. The second kappa shape index (κ2) is 7.77. The number of hydrogen-bond donors (Lipinski definition) is 1. The predicted molar refractivity (Wildman–Crippen MR) is 88.5 cm³/mol. The predicted octanol–water partition coefficient (Wildman–Crippen LogP) is 2.14. The van der Waals surface area contributed by atoms with Gasteiger partial charge < -0.3 is 15.0 Å². The summed E-state index contributed by atoms with van der Waals surface area (Å²) in [4.78, 5) is 14.0. The van der Waals surface area contributed by atoms with Crippen molar-refractivity contribution in [2.24, 2.45) is 0 Å². The fourth-order valence-electron chi connectivity index (χ4n) is 2.45. The van der Waals surface area contributed by atoms with Gasteiger partial charge in [0.05, 0.1) is 11.3 Å². The largest absolute Gasteiger partial charge is 0.488 e. The molecule has 0 spiro atoms. The van der Waals surface area contributed by atoms with E-state index < -0.39 is 16.6 Å². The molecule has 0 saturated carbocycles. The first-order valence-corrected chi connectivity index (χ1v) is 9.10. The van der Waals surface area contributed by atoms with Crippen LogP contribution in [0.25, 0.3) is 0 Å². The molecular weight excluding hydrogens is 319 g/mol. The highest BCUT2D eigenvalue weighted by Crippen LogP contribution is 2.17. The lowest BCUT2D eigenvalue weighted by Gasteiger charge is -2.37. The maximum Gasteiger partial charge on any atom is 0.318 e. The molecule has 0 bridgehead atoms. The molecule has 4 atom stereocenters. The molecule has 0 radical (unpaired) electrons. The van der Waals surface area contributed by atoms with E-state index in [4.69, 9.17) is 4.74 Å². The molecule has 1 aromatic rings. The Labute approximate surface area is 138 Å². The Morgan fingerprint density at radius 2 is 2.17 bits per heavy atom. The van der Waals surface area contributed by atoms with E-state index in [-0.39, 0.29) is 35.7 Å². The summed E-state index contributed by atoms with van der Waals surface area (Å²) in [7, 11) is -0.884. The molecule has 7 heteroatoms. The minimum atomic E-state index is -0.884. The molecule has 1 fully saturated rings. The SMILES string of the molecule is C[C@H](COc1ccccc1F)NC(=O)N1CC[S@](=O)[C@@H](C)[C@@H]1C. The van der Waals surface area contributed by atoms with Gasteiger partial charge in [0.25, 0.3) is 0 Å². The van der Waals surface area contributed by atoms with Crippen LogP contribution >= 0.6 is 0 Å². The van der Waals surface area contributed by atoms with Crippen LogP contribution in [0.5, 0.6) is 5.75 Å². The molecule has 1 heterocycles. The normalized spacial score (nSPS) is 25.7. The molecule has 1 N–H and O–H groups in total. The van der Waals surface area contributed by atoms with Crippen molar-refractivity contribution in [1.29, 1.82) is 0 Å². The lowest BCUT2D eigenvalue weighted by atomic mass is 10.2. The number of nitrogens with zero attached hydrogens (tertiary/aromatic N) is 1. The Morgan fingerprint density at radius 3 is 2.87 bits per heavy atom. The molecule has 0 aromatic heterocycles. The Balaban J connectivity index is 1.85. The fraction of sp³-hybridized carbons (Fsp3) is 0.562. The van der Waals surface area contributed by atoms with Crippen LogP contribution in [0.3, 0.4) is 0 Å². The van der Waals surface area contributed by atoms with Crippen LogP contribution in [0.1, 0.15) is 20.8 Å². The van der Waals surface area contributed by atoms with Gasteiger partial charge >= 0.3 is 6.03 Å². The fourth-order valence-corrected chi connectivity index (χ4v) is 3.78. The van der Waals surface area contributed by atoms with Crippen LogP contribution in [-0.2, 0) is 10.8 Å². The number of carbonyl (C=O) groups is 1. The van der Waals surface area contributed by atoms with Gasteiger partial charge in [-0.2, -0.15) is 0 Å². The number of para-hydroxylation sites is 1.